The molecule has 3 aliphatic rings. The first-order valence-corrected chi connectivity index (χ1v) is 24.4. The second-order valence-corrected chi connectivity index (χ2v) is 20.1. The molecular formula is C50H76FN5O14. The number of benzene rings is 1. The van der Waals surface area contributed by atoms with Crippen LogP contribution in [0, 0.1) is 23.6 Å². The zero-order chi connectivity index (χ0) is 52.0. The number of anilines is 1. The number of rotatable bonds is 17. The predicted octanol–water partition coefficient (Wildman–Crippen LogP) is 3.50. The summed E-state index contributed by atoms with van der Waals surface area (Å²) in [6.07, 6.45) is -3.21. The van der Waals surface area contributed by atoms with Crippen molar-refractivity contribution in [3.63, 3.8) is 0 Å². The van der Waals surface area contributed by atoms with Crippen LogP contribution in [0.15, 0.2) is 35.8 Å². The van der Waals surface area contributed by atoms with Crippen molar-refractivity contribution in [1.82, 2.24) is 20.1 Å². The number of nitrogens with zero attached hydrogens (tertiary/aromatic N) is 2. The van der Waals surface area contributed by atoms with Gasteiger partial charge in [0.25, 0.3) is 0 Å². The molecule has 1 aliphatic carbocycles. The van der Waals surface area contributed by atoms with Crippen molar-refractivity contribution in [2.45, 2.75) is 166 Å². The van der Waals surface area contributed by atoms with Crippen molar-refractivity contribution in [2.24, 2.45) is 17.8 Å². The Balaban J connectivity index is 1.41. The van der Waals surface area contributed by atoms with E-state index in [1.54, 1.807) is 32.3 Å². The van der Waals surface area contributed by atoms with Crippen molar-refractivity contribution in [2.75, 3.05) is 45.7 Å². The number of nitrogens with one attached hydrogen (secondary N) is 3. The van der Waals surface area contributed by atoms with Crippen LogP contribution in [-0.2, 0) is 38.1 Å². The quantitative estimate of drug-likeness (QED) is 0.0680. The lowest BCUT2D eigenvalue weighted by molar-refractivity contribution is -0.302. The van der Waals surface area contributed by atoms with E-state index in [-0.39, 0.29) is 74.8 Å². The monoisotopic (exact) mass is 990 g/mol. The highest BCUT2D eigenvalue weighted by atomic mass is 19.1. The highest BCUT2D eigenvalue weighted by Gasteiger charge is 2.52. The molecule has 392 valence electrons. The van der Waals surface area contributed by atoms with Gasteiger partial charge in [-0.1, -0.05) is 26.8 Å². The summed E-state index contributed by atoms with van der Waals surface area (Å²) in [7, 11) is 3.68. The van der Waals surface area contributed by atoms with Gasteiger partial charge in [0.05, 0.1) is 60.0 Å². The molecule has 14 atom stereocenters. The highest BCUT2D eigenvalue weighted by molar-refractivity contribution is 5.93. The van der Waals surface area contributed by atoms with Gasteiger partial charge < -0.3 is 69.5 Å². The summed E-state index contributed by atoms with van der Waals surface area (Å²) >= 11 is 0. The summed E-state index contributed by atoms with van der Waals surface area (Å²) in [5.41, 5.74) is -4.13. The molecule has 7 N–H and O–H groups in total. The number of likely N-dealkylation sites (N-methyl/N-ethyl adjacent to an activating group) is 1. The number of aliphatic hydroxyl groups excluding tert-OH is 2. The third-order valence-corrected chi connectivity index (χ3v) is 14.1. The molecule has 0 bridgehead atoms. The van der Waals surface area contributed by atoms with Crippen LogP contribution in [-0.4, -0.2) is 160 Å². The first kappa shape index (κ1) is 56.4. The fourth-order valence-corrected chi connectivity index (χ4v) is 9.96. The summed E-state index contributed by atoms with van der Waals surface area (Å²) < 4.78 is 48.8. The van der Waals surface area contributed by atoms with E-state index in [1.165, 1.54) is 39.1 Å². The van der Waals surface area contributed by atoms with E-state index >= 15 is 4.39 Å². The van der Waals surface area contributed by atoms with Gasteiger partial charge in [-0.3, -0.25) is 19.2 Å². The Morgan fingerprint density at radius 1 is 1.06 bits per heavy atom. The van der Waals surface area contributed by atoms with Crippen LogP contribution in [0.5, 0.6) is 0 Å². The number of aromatic carboxylic acids is 1. The zero-order valence-corrected chi connectivity index (χ0v) is 42.2. The Kier molecular flexibility index (Phi) is 19.2. The van der Waals surface area contributed by atoms with E-state index < -0.39 is 112 Å². The number of hydrogen-bond acceptors (Lipinski definition) is 16. The third-order valence-electron chi connectivity index (χ3n) is 14.1. The molecule has 1 aromatic heterocycles. The van der Waals surface area contributed by atoms with Gasteiger partial charge in [0.1, 0.15) is 35.3 Å². The second-order valence-electron chi connectivity index (χ2n) is 20.1. The topological polar surface area (TPSA) is 257 Å². The van der Waals surface area contributed by atoms with E-state index in [0.29, 0.717) is 11.9 Å². The van der Waals surface area contributed by atoms with Crippen LogP contribution in [0.1, 0.15) is 110 Å². The number of esters is 2. The SMILES string of the molecule is C=CCO[C@]1(C)C[C@@H](C)NC(=O)[C@H](C)[C@@H](O)[C@](C)(O)[C@@H](CC)OC(=O)[C@H](C)[C@@H](OC(=O)CCNCCNc2cc3c(cc2F)c(=O)c(C(=O)O)cn3C2CC2)[C@H](C)[C@H]1O[C@@H]1O[C@H](C)C[C@H](N(C)C)[C@H]1O. The van der Waals surface area contributed by atoms with Crippen molar-refractivity contribution in [1.29, 1.82) is 0 Å². The van der Waals surface area contributed by atoms with E-state index in [9.17, 15) is 44.4 Å². The Morgan fingerprint density at radius 3 is 2.36 bits per heavy atom. The molecule has 0 spiro atoms. The smallest absolute Gasteiger partial charge is 0.341 e. The molecular weight excluding hydrogens is 914 g/mol. The van der Waals surface area contributed by atoms with Gasteiger partial charge >= 0.3 is 17.9 Å². The van der Waals surface area contributed by atoms with Crippen LogP contribution in [0.3, 0.4) is 0 Å². The average Bonchev–Trinajstić information content (AvgIpc) is 4.15. The first-order chi connectivity index (χ1) is 32.9. The Morgan fingerprint density at radius 2 is 1.74 bits per heavy atom. The Bertz CT molecular complexity index is 2240. The van der Waals surface area contributed by atoms with E-state index in [2.05, 4.69) is 22.5 Å². The molecule has 2 aliphatic heterocycles. The molecule has 2 aromatic rings. The third kappa shape index (κ3) is 13.1. The predicted molar refractivity (Wildman–Crippen MR) is 258 cm³/mol. The second kappa shape index (κ2) is 23.8. The standard InChI is InChI=1S/C50H76FN5O14/c1-12-20-66-49(8)24-26(3)54-45(61)30(7)43(60)50(9,65)38(13-2)68-47(64)29(6)42(28(5)44(49)70-48-41(59)37(55(10)11)21-27(4)67-48)69-39(57)16-17-52-18-19-53-35-23-36-32(22-34(35)51)40(58)33(46(62)63)25-56(36)31-14-15-31/h12,22-23,25-31,37-38,41-44,48,52-53,59-60,65H,1,13-21,24H2,2-11H3,(H,54,61)(H,62,63)/t26-,27-,28+,29-,30-,37+,38-,41-,42+,43-,44-,48+,49-,50-/m1/s1. The lowest BCUT2D eigenvalue weighted by Gasteiger charge is -2.48. The number of ether oxygens (including phenoxy) is 5. The van der Waals surface area contributed by atoms with Crippen LogP contribution >= 0.6 is 0 Å². The van der Waals surface area contributed by atoms with E-state index in [4.69, 9.17) is 23.7 Å². The highest BCUT2D eigenvalue weighted by Crippen LogP contribution is 2.40. The fraction of sp³-hybridized carbons (Fsp3) is 0.700. The minimum Gasteiger partial charge on any atom is -0.477 e. The van der Waals surface area contributed by atoms with E-state index in [1.807, 2.05) is 25.9 Å². The van der Waals surface area contributed by atoms with E-state index in [0.717, 1.165) is 18.9 Å². The maximum atomic E-state index is 15.3. The molecule has 1 saturated carbocycles. The van der Waals surface area contributed by atoms with Crippen molar-refractivity contribution >= 4 is 40.4 Å². The minimum atomic E-state index is -2.09. The largest absolute Gasteiger partial charge is 0.477 e. The molecule has 19 nitrogen and oxygen atoms in total. The van der Waals surface area contributed by atoms with Crippen LogP contribution < -0.4 is 21.4 Å². The number of pyridine rings is 1. The van der Waals surface area contributed by atoms with Gasteiger partial charge in [-0.2, -0.15) is 0 Å². The molecule has 20 heteroatoms. The average molecular weight is 990 g/mol. The normalized spacial score (nSPS) is 33.7. The molecule has 5 rings (SSSR count). The number of aliphatic hydroxyl groups is 3. The van der Waals surface area contributed by atoms with Crippen molar-refractivity contribution < 1.29 is 67.7 Å². The van der Waals surface area contributed by atoms with Gasteiger partial charge in [-0.25, -0.2) is 9.18 Å². The number of carboxylic acids is 1. The Labute approximate surface area is 409 Å². The molecule has 3 fully saturated rings. The molecule has 2 saturated heterocycles. The number of aromatic nitrogens is 1. The summed E-state index contributed by atoms with van der Waals surface area (Å²) in [4.78, 5) is 68.5. The summed E-state index contributed by atoms with van der Waals surface area (Å²) in [5.74, 6) is -7.57. The minimum absolute atomic E-state index is 0.00388. The van der Waals surface area contributed by atoms with Crippen molar-refractivity contribution in [3.8, 4) is 0 Å². The maximum Gasteiger partial charge on any atom is 0.341 e. The number of carboxylic acid groups (broad SMARTS) is 1. The number of carbonyl (C=O) groups excluding carboxylic acids is 3. The van der Waals surface area contributed by atoms with Crippen LogP contribution in [0.4, 0.5) is 10.1 Å². The number of cyclic esters (lactones) is 1. The fourth-order valence-electron chi connectivity index (χ4n) is 9.96. The maximum absolute atomic E-state index is 15.3. The van der Waals surface area contributed by atoms with Gasteiger partial charge in [0.15, 0.2) is 6.29 Å². The van der Waals surface area contributed by atoms with Gasteiger partial charge in [0.2, 0.25) is 11.3 Å². The molecule has 3 heterocycles. The van der Waals surface area contributed by atoms with Gasteiger partial charge in [0, 0.05) is 55.3 Å². The molecule has 0 unspecified atom stereocenters. The van der Waals surface area contributed by atoms with Gasteiger partial charge in [-0.15, -0.1) is 6.58 Å². The first-order valence-electron chi connectivity index (χ1n) is 24.4. The number of halogens is 1. The summed E-state index contributed by atoms with van der Waals surface area (Å²) in [5, 5.41) is 53.5. The zero-order valence-electron chi connectivity index (χ0n) is 42.2. The number of carbonyl (C=O) groups is 4. The number of amides is 1. The lowest BCUT2D eigenvalue weighted by Crippen LogP contribution is -2.60. The summed E-state index contributed by atoms with van der Waals surface area (Å²) in [6.45, 7) is 17.4. The number of hydrogen-bond donors (Lipinski definition) is 7. The molecule has 1 aromatic carbocycles. The Hall–Kier alpha value is -4.54. The molecule has 70 heavy (non-hydrogen) atoms. The molecule has 0 radical (unpaired) electrons. The van der Waals surface area contributed by atoms with Crippen LogP contribution in [0.25, 0.3) is 10.9 Å². The summed E-state index contributed by atoms with van der Waals surface area (Å²) in [6, 6.07) is 1.52. The molecule has 1 amide bonds. The number of fused-ring (bicyclic) bond motifs is 1. The van der Waals surface area contributed by atoms with Gasteiger partial charge in [-0.05, 0) is 93.0 Å². The van der Waals surface area contributed by atoms with Crippen LogP contribution in [0.2, 0.25) is 0 Å². The lowest BCUT2D eigenvalue weighted by atomic mass is 9.78. The van der Waals surface area contributed by atoms with Crippen molar-refractivity contribution in [3.05, 3.63) is 52.6 Å².